The monoisotopic (exact) mass is 506 g/mol. The van der Waals surface area contributed by atoms with E-state index in [1.807, 2.05) is 4.72 Å². The number of ether oxygens (including phenoxy) is 2. The van der Waals surface area contributed by atoms with Crippen molar-refractivity contribution in [1.29, 1.82) is 0 Å². The number of benzene rings is 1. The molecule has 3 aromatic rings. The Morgan fingerprint density at radius 3 is 2.36 bits per heavy atom. The largest absolute Gasteiger partial charge is 0.755 e. The van der Waals surface area contributed by atoms with Crippen molar-refractivity contribution < 1.29 is 39.8 Å². The van der Waals surface area contributed by atoms with Crippen LogP contribution >= 0.6 is 0 Å². The standard InChI is InChI=1S/C19H20F3N3O6S2/c1-18(2,3)33(28,29)16-10-25-13(9-23-17(25)8-15(16)30-4)11-5-6-14(31-19(20,21)22)12(7-11)24-32(26)27/h5-10,24H,1-4H3,(H,26,27)/p-1. The molecule has 0 amide bonds. The number of hydrogen-bond donors (Lipinski definition) is 1. The minimum absolute atomic E-state index is 0.0765. The summed E-state index contributed by atoms with van der Waals surface area (Å²) in [6, 6.07) is 4.72. The van der Waals surface area contributed by atoms with Crippen LogP contribution in [-0.2, 0) is 21.1 Å². The van der Waals surface area contributed by atoms with Crippen molar-refractivity contribution in [2.45, 2.75) is 36.8 Å². The molecule has 0 aliphatic heterocycles. The molecular formula is C19H19F3N3O6S2-. The van der Waals surface area contributed by atoms with E-state index in [2.05, 4.69) is 9.72 Å². The molecule has 33 heavy (non-hydrogen) atoms. The Labute approximate surface area is 189 Å². The van der Waals surface area contributed by atoms with Gasteiger partial charge in [0, 0.05) is 29.1 Å². The Hall–Kier alpha value is -2.84. The summed E-state index contributed by atoms with van der Waals surface area (Å²) >= 11 is -2.93. The number of rotatable bonds is 6. The van der Waals surface area contributed by atoms with Gasteiger partial charge in [0.1, 0.15) is 16.3 Å². The molecule has 3 rings (SSSR count). The number of halogens is 3. The van der Waals surface area contributed by atoms with Crippen molar-refractivity contribution in [2.24, 2.45) is 0 Å². The van der Waals surface area contributed by atoms with Crippen molar-refractivity contribution in [3.8, 4) is 22.8 Å². The molecule has 0 spiro atoms. The van der Waals surface area contributed by atoms with Crippen LogP contribution in [-0.4, -0.2) is 44.8 Å². The summed E-state index contributed by atoms with van der Waals surface area (Å²) in [4.78, 5) is 4.09. The molecule has 0 saturated carbocycles. The summed E-state index contributed by atoms with van der Waals surface area (Å²) in [6.07, 6.45) is -2.38. The summed E-state index contributed by atoms with van der Waals surface area (Å²) in [5.74, 6) is -0.686. The molecule has 1 atom stereocenters. The minimum atomic E-state index is -5.04. The fourth-order valence-corrected chi connectivity index (χ4v) is 4.61. The van der Waals surface area contributed by atoms with Crippen molar-refractivity contribution in [3.05, 3.63) is 36.7 Å². The van der Waals surface area contributed by atoms with Gasteiger partial charge in [-0.15, -0.1) is 13.2 Å². The number of fused-ring (bicyclic) bond motifs is 1. The number of hydrogen-bond acceptors (Lipinski definition) is 7. The number of aromatic nitrogens is 2. The van der Waals surface area contributed by atoms with E-state index in [4.69, 9.17) is 4.74 Å². The third kappa shape index (κ3) is 5.07. The van der Waals surface area contributed by atoms with E-state index in [0.29, 0.717) is 5.65 Å². The Morgan fingerprint density at radius 2 is 1.82 bits per heavy atom. The third-order valence-corrected chi connectivity index (χ3v) is 7.47. The zero-order chi connectivity index (χ0) is 24.8. The van der Waals surface area contributed by atoms with Gasteiger partial charge in [-0.25, -0.2) is 13.4 Å². The van der Waals surface area contributed by atoms with Gasteiger partial charge >= 0.3 is 6.36 Å². The Kier molecular flexibility index (Phi) is 6.39. The molecule has 1 unspecified atom stereocenters. The highest BCUT2D eigenvalue weighted by Gasteiger charge is 2.35. The SMILES string of the molecule is COc1cc2ncc(-c3ccc(OC(F)(F)F)c(NS(=O)[O-])c3)n2cc1S(=O)(=O)C(C)(C)C. The molecule has 0 aliphatic carbocycles. The number of sulfone groups is 1. The van der Waals surface area contributed by atoms with Gasteiger partial charge in [-0.05, 0) is 39.0 Å². The van der Waals surface area contributed by atoms with E-state index in [1.165, 1.54) is 56.8 Å². The van der Waals surface area contributed by atoms with Crippen LogP contribution in [0.3, 0.4) is 0 Å². The minimum Gasteiger partial charge on any atom is -0.755 e. The topological polar surface area (TPSA) is 122 Å². The second kappa shape index (κ2) is 8.50. The number of methoxy groups -OCH3 is 1. The van der Waals surface area contributed by atoms with Crippen LogP contribution in [0.5, 0.6) is 11.5 Å². The maximum atomic E-state index is 13.1. The van der Waals surface area contributed by atoms with Gasteiger partial charge in [0.15, 0.2) is 15.6 Å². The average Bonchev–Trinajstić information content (AvgIpc) is 3.09. The number of pyridine rings is 1. The Balaban J connectivity index is 2.22. The van der Waals surface area contributed by atoms with E-state index in [0.717, 1.165) is 12.1 Å². The Bertz CT molecular complexity index is 1330. The maximum absolute atomic E-state index is 13.1. The molecule has 1 N–H and O–H groups in total. The van der Waals surface area contributed by atoms with E-state index in [9.17, 15) is 30.4 Å². The van der Waals surface area contributed by atoms with Crippen molar-refractivity contribution in [1.82, 2.24) is 9.38 Å². The predicted molar refractivity (Wildman–Crippen MR) is 113 cm³/mol. The van der Waals surface area contributed by atoms with Crippen LogP contribution < -0.4 is 14.2 Å². The van der Waals surface area contributed by atoms with Gasteiger partial charge in [-0.3, -0.25) is 8.61 Å². The van der Waals surface area contributed by atoms with Gasteiger partial charge in [0.2, 0.25) is 0 Å². The third-order valence-electron chi connectivity index (χ3n) is 4.58. The summed E-state index contributed by atoms with van der Waals surface area (Å²) < 4.78 is 97.6. The van der Waals surface area contributed by atoms with Crippen LogP contribution in [0, 0.1) is 0 Å². The lowest BCUT2D eigenvalue weighted by atomic mass is 10.1. The quantitative estimate of drug-likeness (QED) is 0.506. The van der Waals surface area contributed by atoms with Crippen LogP contribution in [0.25, 0.3) is 16.9 Å². The first kappa shape index (κ1) is 24.8. The first-order valence-electron chi connectivity index (χ1n) is 9.20. The molecule has 14 heteroatoms. The molecule has 0 bridgehead atoms. The summed E-state index contributed by atoms with van der Waals surface area (Å²) in [7, 11) is -2.53. The molecule has 0 saturated heterocycles. The van der Waals surface area contributed by atoms with Gasteiger partial charge < -0.3 is 18.7 Å². The lowest BCUT2D eigenvalue weighted by Gasteiger charge is -2.21. The lowest BCUT2D eigenvalue weighted by Crippen LogP contribution is -2.28. The number of alkyl halides is 3. The summed E-state index contributed by atoms with van der Waals surface area (Å²) in [5.41, 5.74) is 0.363. The molecule has 9 nitrogen and oxygen atoms in total. The lowest BCUT2D eigenvalue weighted by molar-refractivity contribution is -0.274. The van der Waals surface area contributed by atoms with E-state index < -0.39 is 43.7 Å². The van der Waals surface area contributed by atoms with E-state index in [1.54, 1.807) is 0 Å². The highest BCUT2D eigenvalue weighted by molar-refractivity contribution is 7.92. The van der Waals surface area contributed by atoms with Crippen LogP contribution in [0.15, 0.2) is 41.6 Å². The van der Waals surface area contributed by atoms with Crippen LogP contribution in [0.2, 0.25) is 0 Å². The van der Waals surface area contributed by atoms with Crippen molar-refractivity contribution in [2.75, 3.05) is 11.8 Å². The average molecular weight is 507 g/mol. The molecule has 2 aromatic heterocycles. The first-order chi connectivity index (χ1) is 15.1. The molecule has 0 radical (unpaired) electrons. The molecular weight excluding hydrogens is 487 g/mol. The molecule has 180 valence electrons. The smallest absolute Gasteiger partial charge is 0.573 e. The Morgan fingerprint density at radius 1 is 1.15 bits per heavy atom. The van der Waals surface area contributed by atoms with Gasteiger partial charge in [-0.1, -0.05) is 0 Å². The number of anilines is 1. The summed E-state index contributed by atoms with van der Waals surface area (Å²) in [6.45, 7) is 4.59. The second-order valence-corrected chi connectivity index (χ2v) is 11.1. The van der Waals surface area contributed by atoms with Gasteiger partial charge in [0.25, 0.3) is 0 Å². The fraction of sp³-hybridized carbons (Fsp3) is 0.316. The number of nitrogens with one attached hydrogen (secondary N) is 1. The maximum Gasteiger partial charge on any atom is 0.573 e. The van der Waals surface area contributed by atoms with E-state index >= 15 is 0 Å². The highest BCUT2D eigenvalue weighted by Crippen LogP contribution is 2.37. The van der Waals surface area contributed by atoms with Gasteiger partial charge in [0.05, 0.1) is 29.4 Å². The van der Waals surface area contributed by atoms with Crippen LogP contribution in [0.1, 0.15) is 20.8 Å². The summed E-state index contributed by atoms with van der Waals surface area (Å²) in [5, 5.41) is 0. The first-order valence-corrected chi connectivity index (χ1v) is 11.8. The normalized spacial score (nSPS) is 13.7. The molecule has 0 aliphatic rings. The number of imidazole rings is 1. The van der Waals surface area contributed by atoms with E-state index in [-0.39, 0.29) is 21.9 Å². The highest BCUT2D eigenvalue weighted by atomic mass is 32.2. The van der Waals surface area contributed by atoms with Crippen molar-refractivity contribution in [3.63, 3.8) is 0 Å². The zero-order valence-electron chi connectivity index (χ0n) is 17.8. The molecule has 2 heterocycles. The molecule has 1 aromatic carbocycles. The fourth-order valence-electron chi connectivity index (χ4n) is 2.96. The van der Waals surface area contributed by atoms with Gasteiger partial charge in [-0.2, -0.15) is 0 Å². The van der Waals surface area contributed by atoms with Crippen molar-refractivity contribution >= 4 is 32.4 Å². The van der Waals surface area contributed by atoms with Crippen LogP contribution in [0.4, 0.5) is 18.9 Å². The molecule has 0 fully saturated rings. The predicted octanol–water partition coefficient (Wildman–Crippen LogP) is 3.69. The second-order valence-electron chi connectivity index (χ2n) is 7.79. The number of nitrogens with zero attached hydrogens (tertiary/aromatic N) is 2. The zero-order valence-corrected chi connectivity index (χ0v) is 19.4.